The maximum atomic E-state index is 8.91. The SMILES string of the molecule is CCCCC/C=C/OC(C)CC1CCC(c2ccc(C#N)cc2)CC1. The molecule has 25 heavy (non-hydrogen) atoms. The highest BCUT2D eigenvalue weighted by atomic mass is 16.5. The van der Waals surface area contributed by atoms with E-state index in [2.05, 4.69) is 38.1 Å². The summed E-state index contributed by atoms with van der Waals surface area (Å²) in [5.74, 6) is 1.46. The van der Waals surface area contributed by atoms with Crippen molar-refractivity contribution in [3.8, 4) is 6.07 Å². The molecule has 1 aromatic carbocycles. The van der Waals surface area contributed by atoms with Gasteiger partial charge in [-0.15, -0.1) is 0 Å². The Kier molecular flexibility index (Phi) is 8.60. The zero-order valence-electron chi connectivity index (χ0n) is 15.9. The van der Waals surface area contributed by atoms with Gasteiger partial charge in [0, 0.05) is 0 Å². The predicted molar refractivity (Wildman–Crippen MR) is 104 cm³/mol. The van der Waals surface area contributed by atoms with E-state index in [0.29, 0.717) is 12.0 Å². The first-order chi connectivity index (χ1) is 12.2. The summed E-state index contributed by atoms with van der Waals surface area (Å²) in [6, 6.07) is 10.4. The van der Waals surface area contributed by atoms with Gasteiger partial charge in [-0.1, -0.05) is 31.9 Å². The summed E-state index contributed by atoms with van der Waals surface area (Å²) in [6.45, 7) is 4.43. The highest BCUT2D eigenvalue weighted by Gasteiger charge is 2.23. The van der Waals surface area contributed by atoms with Crippen LogP contribution in [0, 0.1) is 17.2 Å². The minimum absolute atomic E-state index is 0.318. The highest BCUT2D eigenvalue weighted by Crippen LogP contribution is 2.37. The van der Waals surface area contributed by atoms with Crippen molar-refractivity contribution in [1.29, 1.82) is 5.26 Å². The number of rotatable bonds is 9. The molecule has 0 radical (unpaired) electrons. The molecule has 2 rings (SSSR count). The van der Waals surface area contributed by atoms with Gasteiger partial charge < -0.3 is 4.74 Å². The molecule has 1 fully saturated rings. The number of allylic oxidation sites excluding steroid dienone is 1. The second-order valence-electron chi connectivity index (χ2n) is 7.50. The van der Waals surface area contributed by atoms with E-state index in [9.17, 15) is 0 Å². The third kappa shape index (κ3) is 6.94. The van der Waals surface area contributed by atoms with Crippen LogP contribution < -0.4 is 0 Å². The van der Waals surface area contributed by atoms with Crippen molar-refractivity contribution in [2.75, 3.05) is 0 Å². The van der Waals surface area contributed by atoms with Crippen LogP contribution in [0.1, 0.15) is 88.7 Å². The number of nitrogens with zero attached hydrogens (tertiary/aromatic N) is 1. The van der Waals surface area contributed by atoms with Crippen molar-refractivity contribution in [1.82, 2.24) is 0 Å². The average Bonchev–Trinajstić information content (AvgIpc) is 2.65. The van der Waals surface area contributed by atoms with E-state index in [1.54, 1.807) is 0 Å². The summed E-state index contributed by atoms with van der Waals surface area (Å²) < 4.78 is 5.85. The topological polar surface area (TPSA) is 33.0 Å². The van der Waals surface area contributed by atoms with E-state index in [-0.39, 0.29) is 0 Å². The molecule has 136 valence electrons. The molecule has 1 unspecified atom stereocenters. The average molecular weight is 340 g/mol. The van der Waals surface area contributed by atoms with Crippen molar-refractivity contribution in [3.63, 3.8) is 0 Å². The van der Waals surface area contributed by atoms with Gasteiger partial charge in [-0.2, -0.15) is 5.26 Å². The van der Waals surface area contributed by atoms with Crippen LogP contribution in [0.15, 0.2) is 36.6 Å². The molecule has 0 aliphatic heterocycles. The highest BCUT2D eigenvalue weighted by molar-refractivity contribution is 5.33. The zero-order valence-corrected chi connectivity index (χ0v) is 15.9. The van der Waals surface area contributed by atoms with Crippen molar-refractivity contribution in [3.05, 3.63) is 47.7 Å². The van der Waals surface area contributed by atoms with E-state index in [4.69, 9.17) is 10.00 Å². The third-order valence-corrected chi connectivity index (χ3v) is 5.40. The molecule has 0 bridgehead atoms. The number of unbranched alkanes of at least 4 members (excludes halogenated alkanes) is 3. The fraction of sp³-hybridized carbons (Fsp3) is 0.609. The van der Waals surface area contributed by atoms with Gasteiger partial charge in [0.25, 0.3) is 0 Å². The van der Waals surface area contributed by atoms with E-state index < -0.39 is 0 Å². The molecule has 1 saturated carbocycles. The lowest BCUT2D eigenvalue weighted by molar-refractivity contribution is 0.120. The van der Waals surface area contributed by atoms with Crippen molar-refractivity contribution < 1.29 is 4.74 Å². The fourth-order valence-electron chi connectivity index (χ4n) is 3.86. The van der Waals surface area contributed by atoms with Crippen LogP contribution in [0.5, 0.6) is 0 Å². The van der Waals surface area contributed by atoms with Crippen molar-refractivity contribution >= 4 is 0 Å². The van der Waals surface area contributed by atoms with Gasteiger partial charge in [-0.05, 0) is 87.5 Å². The molecule has 0 spiro atoms. The van der Waals surface area contributed by atoms with Crippen molar-refractivity contribution in [2.45, 2.75) is 83.7 Å². The first kappa shape index (κ1) is 19.6. The molecular weight excluding hydrogens is 306 g/mol. The third-order valence-electron chi connectivity index (χ3n) is 5.40. The zero-order chi connectivity index (χ0) is 17.9. The Morgan fingerprint density at radius 3 is 2.52 bits per heavy atom. The molecule has 0 amide bonds. The number of hydrogen-bond acceptors (Lipinski definition) is 2. The molecule has 1 aliphatic carbocycles. The van der Waals surface area contributed by atoms with Crippen LogP contribution in [-0.2, 0) is 4.74 Å². The van der Waals surface area contributed by atoms with Crippen LogP contribution in [0.2, 0.25) is 0 Å². The van der Waals surface area contributed by atoms with Crippen LogP contribution >= 0.6 is 0 Å². The maximum absolute atomic E-state index is 8.91. The Hall–Kier alpha value is -1.75. The minimum atomic E-state index is 0.318. The Labute approximate surface area is 153 Å². The van der Waals surface area contributed by atoms with Crippen LogP contribution in [0.3, 0.4) is 0 Å². The number of nitriles is 1. The second-order valence-corrected chi connectivity index (χ2v) is 7.50. The lowest BCUT2D eigenvalue weighted by atomic mass is 9.77. The Bertz CT molecular complexity index is 546. The molecule has 1 aromatic rings. The van der Waals surface area contributed by atoms with E-state index in [1.165, 1.54) is 56.9 Å². The lowest BCUT2D eigenvalue weighted by Crippen LogP contribution is -2.18. The quantitative estimate of drug-likeness (QED) is 0.369. The number of hydrogen-bond donors (Lipinski definition) is 0. The minimum Gasteiger partial charge on any atom is -0.499 e. The van der Waals surface area contributed by atoms with Gasteiger partial charge in [0.15, 0.2) is 0 Å². The number of benzene rings is 1. The molecule has 1 atom stereocenters. The molecule has 1 aliphatic rings. The Morgan fingerprint density at radius 2 is 1.88 bits per heavy atom. The lowest BCUT2D eigenvalue weighted by Gasteiger charge is -2.30. The summed E-state index contributed by atoms with van der Waals surface area (Å²) in [6.07, 6.45) is 15.7. The summed E-state index contributed by atoms with van der Waals surface area (Å²) in [7, 11) is 0. The van der Waals surface area contributed by atoms with Crippen LogP contribution in [0.4, 0.5) is 0 Å². The first-order valence-corrected chi connectivity index (χ1v) is 10.0. The van der Waals surface area contributed by atoms with Gasteiger partial charge in [-0.3, -0.25) is 0 Å². The molecule has 0 heterocycles. The Balaban J connectivity index is 1.66. The summed E-state index contributed by atoms with van der Waals surface area (Å²) in [5, 5.41) is 8.91. The number of ether oxygens (including phenoxy) is 1. The maximum Gasteiger partial charge on any atom is 0.0991 e. The van der Waals surface area contributed by atoms with Crippen LogP contribution in [-0.4, -0.2) is 6.10 Å². The molecular formula is C23H33NO. The molecule has 0 aromatic heterocycles. The standard InChI is InChI=1S/C23H33NO/c1-3-4-5-6-7-16-25-19(2)17-20-8-12-22(13-9-20)23-14-10-21(18-24)11-15-23/h7,10-11,14-16,19-20,22H,3-6,8-9,12-13,17H2,1-2H3/b16-7+. The van der Waals surface area contributed by atoms with Gasteiger partial charge in [0.05, 0.1) is 24.0 Å². The normalized spacial score (nSPS) is 21.8. The summed E-state index contributed by atoms with van der Waals surface area (Å²) >= 11 is 0. The summed E-state index contributed by atoms with van der Waals surface area (Å²) in [5.41, 5.74) is 2.16. The predicted octanol–water partition coefficient (Wildman–Crippen LogP) is 6.72. The monoisotopic (exact) mass is 339 g/mol. The van der Waals surface area contributed by atoms with Crippen LogP contribution in [0.25, 0.3) is 0 Å². The fourth-order valence-corrected chi connectivity index (χ4v) is 3.86. The smallest absolute Gasteiger partial charge is 0.0991 e. The van der Waals surface area contributed by atoms with E-state index in [1.807, 2.05) is 18.4 Å². The van der Waals surface area contributed by atoms with Crippen molar-refractivity contribution in [2.24, 2.45) is 5.92 Å². The van der Waals surface area contributed by atoms with Gasteiger partial charge >= 0.3 is 0 Å². The first-order valence-electron chi connectivity index (χ1n) is 10.0. The second kappa shape index (κ2) is 11.0. The largest absolute Gasteiger partial charge is 0.499 e. The van der Waals surface area contributed by atoms with Gasteiger partial charge in [-0.25, -0.2) is 0 Å². The van der Waals surface area contributed by atoms with Gasteiger partial charge in [0.1, 0.15) is 0 Å². The molecule has 0 saturated heterocycles. The molecule has 2 heteroatoms. The summed E-state index contributed by atoms with van der Waals surface area (Å²) in [4.78, 5) is 0. The van der Waals surface area contributed by atoms with Gasteiger partial charge in [0.2, 0.25) is 0 Å². The van der Waals surface area contributed by atoms with E-state index >= 15 is 0 Å². The molecule has 0 N–H and O–H groups in total. The molecule has 2 nitrogen and oxygen atoms in total. The van der Waals surface area contributed by atoms with E-state index in [0.717, 1.165) is 17.9 Å². The Morgan fingerprint density at radius 1 is 1.16 bits per heavy atom.